The van der Waals surface area contributed by atoms with Gasteiger partial charge in [-0.05, 0) is 12.3 Å². The normalized spacial score (nSPS) is 32.2. The first-order chi connectivity index (χ1) is 8.79. The van der Waals surface area contributed by atoms with Gasteiger partial charge < -0.3 is 20.9 Å². The Morgan fingerprint density at radius 1 is 1.42 bits per heavy atom. The lowest BCUT2D eigenvalue weighted by molar-refractivity contribution is -0.149. The van der Waals surface area contributed by atoms with Crippen molar-refractivity contribution in [2.45, 2.75) is 45.4 Å². The number of aliphatic hydroxyl groups is 1. The fourth-order valence-electron chi connectivity index (χ4n) is 2.92. The summed E-state index contributed by atoms with van der Waals surface area (Å²) in [5, 5.41) is 13.1. The van der Waals surface area contributed by atoms with E-state index in [0.717, 1.165) is 0 Å². The highest BCUT2D eigenvalue weighted by Crippen LogP contribution is 2.35. The summed E-state index contributed by atoms with van der Waals surface area (Å²) in [6, 6.07) is -0.587. The molecule has 19 heavy (non-hydrogen) atoms. The van der Waals surface area contributed by atoms with E-state index in [4.69, 9.17) is 5.73 Å². The Hall–Kier alpha value is -1.14. The van der Waals surface area contributed by atoms with Crippen molar-refractivity contribution >= 4 is 11.9 Å². The Labute approximate surface area is 113 Å². The monoisotopic (exact) mass is 272 g/mol. The van der Waals surface area contributed by atoms with Crippen LogP contribution in [0.15, 0.2) is 0 Å². The van der Waals surface area contributed by atoms with Gasteiger partial charge >= 0.3 is 5.97 Å². The van der Waals surface area contributed by atoms with E-state index in [9.17, 15) is 14.7 Å². The second-order valence-electron chi connectivity index (χ2n) is 5.57. The van der Waals surface area contributed by atoms with Crippen LogP contribution in [0.3, 0.4) is 0 Å². The molecule has 110 valence electrons. The highest BCUT2D eigenvalue weighted by molar-refractivity contribution is 5.74. The molecule has 1 rings (SSSR count). The summed E-state index contributed by atoms with van der Waals surface area (Å²) in [4.78, 5) is 22.9. The average Bonchev–Trinajstić information content (AvgIpc) is 2.61. The first-order valence-electron chi connectivity index (χ1n) is 6.58. The molecule has 4 unspecified atom stereocenters. The van der Waals surface area contributed by atoms with Gasteiger partial charge in [-0.1, -0.05) is 13.8 Å². The standard InChI is InChI=1S/C13H24N2O4/c1-6(2)11(15-7(3)16)10-9(14)5-8(12(10)17)13(18)19-4/h6,8-12,17H,5,14H2,1-4H3,(H,15,16)/t8?,9?,10-,11?,12?/m1/s1. The number of ether oxygens (including phenoxy) is 1. The van der Waals surface area contributed by atoms with Crippen LogP contribution >= 0.6 is 0 Å². The van der Waals surface area contributed by atoms with Crippen molar-refractivity contribution in [1.29, 1.82) is 0 Å². The van der Waals surface area contributed by atoms with Gasteiger partial charge in [0.15, 0.2) is 0 Å². The summed E-state index contributed by atoms with van der Waals surface area (Å²) in [5.74, 6) is -1.45. The second-order valence-corrected chi connectivity index (χ2v) is 5.57. The van der Waals surface area contributed by atoms with Gasteiger partial charge in [-0.15, -0.1) is 0 Å². The average molecular weight is 272 g/mol. The number of rotatable bonds is 4. The molecule has 0 heterocycles. The molecular formula is C13H24N2O4. The molecule has 1 saturated carbocycles. The van der Waals surface area contributed by atoms with E-state index >= 15 is 0 Å². The van der Waals surface area contributed by atoms with Crippen molar-refractivity contribution in [2.24, 2.45) is 23.5 Å². The number of nitrogens with two attached hydrogens (primary N) is 1. The minimum absolute atomic E-state index is 0.117. The predicted molar refractivity (Wildman–Crippen MR) is 70.0 cm³/mol. The van der Waals surface area contributed by atoms with E-state index in [-0.39, 0.29) is 29.8 Å². The number of hydrogen-bond acceptors (Lipinski definition) is 5. The van der Waals surface area contributed by atoms with Gasteiger partial charge in [0, 0.05) is 24.9 Å². The maximum atomic E-state index is 11.6. The largest absolute Gasteiger partial charge is 0.469 e. The minimum atomic E-state index is -0.887. The summed E-state index contributed by atoms with van der Waals surface area (Å²) in [5.41, 5.74) is 6.05. The van der Waals surface area contributed by atoms with E-state index in [1.165, 1.54) is 14.0 Å². The van der Waals surface area contributed by atoms with Crippen LogP contribution in [0, 0.1) is 17.8 Å². The second kappa shape index (κ2) is 6.34. The molecule has 0 aromatic carbocycles. The molecule has 1 aliphatic rings. The number of esters is 1. The summed E-state index contributed by atoms with van der Waals surface area (Å²) in [6.07, 6.45) is -0.511. The van der Waals surface area contributed by atoms with Crippen LogP contribution < -0.4 is 11.1 Å². The van der Waals surface area contributed by atoms with Crippen molar-refractivity contribution in [3.05, 3.63) is 0 Å². The molecule has 0 aliphatic heterocycles. The Morgan fingerprint density at radius 2 is 2.00 bits per heavy atom. The number of nitrogens with one attached hydrogen (secondary N) is 1. The highest BCUT2D eigenvalue weighted by Gasteiger charge is 2.48. The van der Waals surface area contributed by atoms with E-state index in [0.29, 0.717) is 6.42 Å². The molecule has 0 aromatic heterocycles. The topological polar surface area (TPSA) is 102 Å². The molecule has 6 heteroatoms. The molecule has 1 amide bonds. The molecule has 0 radical (unpaired) electrons. The van der Waals surface area contributed by atoms with Crippen LogP contribution in [0.5, 0.6) is 0 Å². The first kappa shape index (κ1) is 15.9. The van der Waals surface area contributed by atoms with Crippen molar-refractivity contribution in [1.82, 2.24) is 5.32 Å². The van der Waals surface area contributed by atoms with Crippen LogP contribution in [-0.4, -0.2) is 42.3 Å². The van der Waals surface area contributed by atoms with Gasteiger partial charge in [0.25, 0.3) is 0 Å². The summed E-state index contributed by atoms with van der Waals surface area (Å²) < 4.78 is 4.68. The molecule has 1 fully saturated rings. The Kier molecular flexibility index (Phi) is 5.31. The van der Waals surface area contributed by atoms with E-state index in [1.54, 1.807) is 0 Å². The van der Waals surface area contributed by atoms with E-state index in [1.807, 2.05) is 13.8 Å². The summed E-state index contributed by atoms with van der Waals surface area (Å²) in [7, 11) is 1.29. The van der Waals surface area contributed by atoms with Crippen molar-refractivity contribution in [3.63, 3.8) is 0 Å². The molecule has 0 bridgehead atoms. The molecule has 6 nitrogen and oxygen atoms in total. The van der Waals surface area contributed by atoms with Gasteiger partial charge in [-0.2, -0.15) is 0 Å². The number of aliphatic hydroxyl groups excluding tert-OH is 1. The van der Waals surface area contributed by atoms with Crippen molar-refractivity contribution in [3.8, 4) is 0 Å². The maximum Gasteiger partial charge on any atom is 0.311 e. The van der Waals surface area contributed by atoms with Crippen LogP contribution in [0.25, 0.3) is 0 Å². The van der Waals surface area contributed by atoms with Gasteiger partial charge in [-0.25, -0.2) is 0 Å². The van der Waals surface area contributed by atoms with Crippen molar-refractivity contribution < 1.29 is 19.4 Å². The Bertz CT molecular complexity index is 346. The number of amides is 1. The molecule has 0 saturated heterocycles. The lowest BCUT2D eigenvalue weighted by Crippen LogP contribution is -2.51. The fraction of sp³-hybridized carbons (Fsp3) is 0.846. The van der Waals surface area contributed by atoms with Crippen LogP contribution in [0.4, 0.5) is 0 Å². The van der Waals surface area contributed by atoms with Crippen molar-refractivity contribution in [2.75, 3.05) is 7.11 Å². The third kappa shape index (κ3) is 3.45. The Balaban J connectivity index is 2.91. The molecule has 5 atom stereocenters. The summed E-state index contributed by atoms with van der Waals surface area (Å²) in [6.45, 7) is 5.33. The number of carbonyl (C=O) groups is 2. The van der Waals surface area contributed by atoms with Crippen LogP contribution in [0.2, 0.25) is 0 Å². The lowest BCUT2D eigenvalue weighted by Gasteiger charge is -2.33. The third-order valence-corrected chi connectivity index (χ3v) is 3.83. The minimum Gasteiger partial charge on any atom is -0.469 e. The Morgan fingerprint density at radius 3 is 2.42 bits per heavy atom. The zero-order valence-corrected chi connectivity index (χ0v) is 11.9. The SMILES string of the molecule is COC(=O)C1CC(N)[C@H](C(NC(C)=O)C(C)C)C1O. The zero-order chi connectivity index (χ0) is 14.7. The smallest absolute Gasteiger partial charge is 0.311 e. The quantitative estimate of drug-likeness (QED) is 0.607. The number of carbonyl (C=O) groups excluding carboxylic acids is 2. The number of hydrogen-bond donors (Lipinski definition) is 3. The molecule has 0 aromatic rings. The highest BCUT2D eigenvalue weighted by atomic mass is 16.5. The molecular weight excluding hydrogens is 248 g/mol. The van der Waals surface area contributed by atoms with Gasteiger partial charge in [0.05, 0.1) is 19.1 Å². The van der Waals surface area contributed by atoms with Gasteiger partial charge in [0.1, 0.15) is 0 Å². The van der Waals surface area contributed by atoms with Crippen LogP contribution in [0.1, 0.15) is 27.2 Å². The zero-order valence-electron chi connectivity index (χ0n) is 11.9. The number of methoxy groups -OCH3 is 1. The van der Waals surface area contributed by atoms with E-state index < -0.39 is 18.0 Å². The van der Waals surface area contributed by atoms with Gasteiger partial charge in [0.2, 0.25) is 5.91 Å². The molecule has 1 aliphatic carbocycles. The maximum absolute atomic E-state index is 11.6. The third-order valence-electron chi connectivity index (χ3n) is 3.83. The molecule has 4 N–H and O–H groups in total. The lowest BCUT2D eigenvalue weighted by atomic mass is 9.84. The van der Waals surface area contributed by atoms with Crippen LogP contribution in [-0.2, 0) is 14.3 Å². The van der Waals surface area contributed by atoms with Gasteiger partial charge in [-0.3, -0.25) is 9.59 Å². The predicted octanol–water partition coefficient (Wildman–Crippen LogP) is -0.356. The molecule has 0 spiro atoms. The fourth-order valence-corrected chi connectivity index (χ4v) is 2.92. The van der Waals surface area contributed by atoms with E-state index in [2.05, 4.69) is 10.1 Å². The summed E-state index contributed by atoms with van der Waals surface area (Å²) >= 11 is 0. The first-order valence-corrected chi connectivity index (χ1v) is 6.58.